The molecule has 1 aliphatic rings. The lowest BCUT2D eigenvalue weighted by molar-refractivity contribution is 0.446. The number of H-pyrrole nitrogens is 1. The van der Waals surface area contributed by atoms with Crippen LogP contribution in [0.25, 0.3) is 11.0 Å². The van der Waals surface area contributed by atoms with Crippen LogP contribution in [0.2, 0.25) is 0 Å². The van der Waals surface area contributed by atoms with E-state index in [1.807, 2.05) is 0 Å². The standard InChI is InChI=1S/C14H17ClFN3/c15-7-6-11-3-1-2-8-19(11)14-17-12-5-4-10(16)9-13(12)18-14/h4-5,9,11H,1-3,6-8H2,(H,17,18). The van der Waals surface area contributed by atoms with Gasteiger partial charge in [-0.2, -0.15) is 0 Å². The molecule has 0 bridgehead atoms. The van der Waals surface area contributed by atoms with Crippen LogP contribution in [-0.4, -0.2) is 28.4 Å². The highest BCUT2D eigenvalue weighted by Crippen LogP contribution is 2.26. The average Bonchev–Trinajstić information content (AvgIpc) is 2.82. The highest BCUT2D eigenvalue weighted by molar-refractivity contribution is 6.17. The maximum atomic E-state index is 13.2. The molecule has 0 saturated carbocycles. The van der Waals surface area contributed by atoms with Crippen LogP contribution >= 0.6 is 11.6 Å². The molecule has 5 heteroatoms. The number of alkyl halides is 1. The van der Waals surface area contributed by atoms with E-state index in [0.29, 0.717) is 11.9 Å². The van der Waals surface area contributed by atoms with Gasteiger partial charge in [-0.15, -0.1) is 11.6 Å². The molecule has 1 aliphatic heterocycles. The fourth-order valence-electron chi connectivity index (χ4n) is 2.81. The summed E-state index contributed by atoms with van der Waals surface area (Å²) in [7, 11) is 0. The number of benzene rings is 1. The Kier molecular flexibility index (Phi) is 3.60. The maximum Gasteiger partial charge on any atom is 0.204 e. The second-order valence-electron chi connectivity index (χ2n) is 5.04. The van der Waals surface area contributed by atoms with Gasteiger partial charge in [0, 0.05) is 18.5 Å². The van der Waals surface area contributed by atoms with Crippen molar-refractivity contribution in [2.45, 2.75) is 31.7 Å². The summed E-state index contributed by atoms with van der Waals surface area (Å²) in [6.07, 6.45) is 4.53. The van der Waals surface area contributed by atoms with Crippen molar-refractivity contribution < 1.29 is 4.39 Å². The van der Waals surface area contributed by atoms with E-state index in [1.165, 1.54) is 25.0 Å². The molecule has 2 heterocycles. The van der Waals surface area contributed by atoms with Crippen molar-refractivity contribution in [3.05, 3.63) is 24.0 Å². The summed E-state index contributed by atoms with van der Waals surface area (Å²) in [6, 6.07) is 5.09. The number of hydrogen-bond donors (Lipinski definition) is 1. The Bertz CT molecular complexity index is 567. The number of rotatable bonds is 3. The zero-order valence-corrected chi connectivity index (χ0v) is 11.5. The van der Waals surface area contributed by atoms with Crippen LogP contribution in [0.15, 0.2) is 18.2 Å². The summed E-state index contributed by atoms with van der Waals surface area (Å²) in [6.45, 7) is 0.990. The Hall–Kier alpha value is -1.29. The number of imidazole rings is 1. The highest BCUT2D eigenvalue weighted by atomic mass is 35.5. The fourth-order valence-corrected chi connectivity index (χ4v) is 3.06. The number of hydrogen-bond acceptors (Lipinski definition) is 2. The van der Waals surface area contributed by atoms with Crippen molar-refractivity contribution in [2.24, 2.45) is 0 Å². The lowest BCUT2D eigenvalue weighted by atomic mass is 10.0. The Morgan fingerprint density at radius 1 is 1.42 bits per heavy atom. The minimum atomic E-state index is -0.237. The third-order valence-corrected chi connectivity index (χ3v) is 3.99. The van der Waals surface area contributed by atoms with Gasteiger partial charge >= 0.3 is 0 Å². The number of nitrogens with one attached hydrogen (secondary N) is 1. The van der Waals surface area contributed by atoms with Crippen molar-refractivity contribution in [1.29, 1.82) is 0 Å². The molecule has 102 valence electrons. The number of aromatic amines is 1. The molecule has 0 amide bonds. The van der Waals surface area contributed by atoms with E-state index in [9.17, 15) is 4.39 Å². The third-order valence-electron chi connectivity index (χ3n) is 3.77. The van der Waals surface area contributed by atoms with Gasteiger partial charge in [0.2, 0.25) is 5.95 Å². The van der Waals surface area contributed by atoms with Gasteiger partial charge in [-0.1, -0.05) is 0 Å². The SMILES string of the molecule is Fc1ccc2nc(N3CCCCC3CCCl)[nH]c2c1. The fraction of sp³-hybridized carbons (Fsp3) is 0.500. The highest BCUT2D eigenvalue weighted by Gasteiger charge is 2.24. The van der Waals surface area contributed by atoms with E-state index in [1.54, 1.807) is 6.07 Å². The molecule has 19 heavy (non-hydrogen) atoms. The molecule has 1 fully saturated rings. The van der Waals surface area contributed by atoms with E-state index in [4.69, 9.17) is 11.6 Å². The number of fused-ring (bicyclic) bond motifs is 1. The summed E-state index contributed by atoms with van der Waals surface area (Å²) in [4.78, 5) is 10.1. The first kappa shape index (κ1) is 12.7. The van der Waals surface area contributed by atoms with Gasteiger partial charge < -0.3 is 9.88 Å². The summed E-state index contributed by atoms with van der Waals surface area (Å²) in [5, 5.41) is 0. The van der Waals surface area contributed by atoms with Gasteiger partial charge in [-0.05, 0) is 43.9 Å². The first-order valence-electron chi connectivity index (χ1n) is 6.76. The van der Waals surface area contributed by atoms with Crippen LogP contribution < -0.4 is 4.90 Å². The van der Waals surface area contributed by atoms with E-state index in [2.05, 4.69) is 14.9 Å². The third kappa shape index (κ3) is 2.54. The Morgan fingerprint density at radius 3 is 3.16 bits per heavy atom. The summed E-state index contributed by atoms with van der Waals surface area (Å²) in [5.41, 5.74) is 1.57. The minimum absolute atomic E-state index is 0.237. The first-order chi connectivity index (χ1) is 9.28. The van der Waals surface area contributed by atoms with Crippen LogP contribution in [-0.2, 0) is 0 Å². The molecular formula is C14H17ClFN3. The van der Waals surface area contributed by atoms with E-state index in [0.717, 1.165) is 36.4 Å². The van der Waals surface area contributed by atoms with Gasteiger partial charge in [0.1, 0.15) is 5.82 Å². The first-order valence-corrected chi connectivity index (χ1v) is 7.29. The normalized spacial score (nSPS) is 20.1. The molecule has 1 aromatic carbocycles. The summed E-state index contributed by atoms with van der Waals surface area (Å²) in [5.74, 6) is 1.27. The van der Waals surface area contributed by atoms with Gasteiger partial charge in [0.15, 0.2) is 0 Å². The van der Waals surface area contributed by atoms with Crippen LogP contribution in [0.1, 0.15) is 25.7 Å². The zero-order valence-electron chi connectivity index (χ0n) is 10.7. The second-order valence-corrected chi connectivity index (χ2v) is 5.42. The van der Waals surface area contributed by atoms with Gasteiger partial charge in [-0.3, -0.25) is 0 Å². The quantitative estimate of drug-likeness (QED) is 0.870. The molecule has 0 radical (unpaired) electrons. The van der Waals surface area contributed by atoms with Gasteiger partial charge in [0.25, 0.3) is 0 Å². The van der Waals surface area contributed by atoms with Gasteiger partial charge in [0.05, 0.1) is 11.0 Å². The monoisotopic (exact) mass is 281 g/mol. The molecule has 0 spiro atoms. The number of aromatic nitrogens is 2. The molecule has 2 aromatic rings. The van der Waals surface area contributed by atoms with E-state index >= 15 is 0 Å². The molecule has 1 aromatic heterocycles. The molecule has 1 unspecified atom stereocenters. The molecule has 1 atom stereocenters. The number of anilines is 1. The molecule has 0 aliphatic carbocycles. The zero-order chi connectivity index (χ0) is 13.2. The summed E-state index contributed by atoms with van der Waals surface area (Å²) < 4.78 is 13.2. The van der Waals surface area contributed by atoms with Crippen LogP contribution in [0.4, 0.5) is 10.3 Å². The van der Waals surface area contributed by atoms with Crippen molar-refractivity contribution in [2.75, 3.05) is 17.3 Å². The lowest BCUT2D eigenvalue weighted by Gasteiger charge is -2.35. The molecule has 1 N–H and O–H groups in total. The molecular weight excluding hydrogens is 265 g/mol. The lowest BCUT2D eigenvalue weighted by Crippen LogP contribution is -2.40. The smallest absolute Gasteiger partial charge is 0.204 e. The Morgan fingerprint density at radius 2 is 2.32 bits per heavy atom. The van der Waals surface area contributed by atoms with Crippen molar-refractivity contribution in [3.63, 3.8) is 0 Å². The topological polar surface area (TPSA) is 31.9 Å². The Balaban J connectivity index is 1.92. The predicted octanol–water partition coefficient (Wildman–Crippen LogP) is 3.69. The van der Waals surface area contributed by atoms with Crippen molar-refractivity contribution >= 4 is 28.6 Å². The largest absolute Gasteiger partial charge is 0.339 e. The van der Waals surface area contributed by atoms with E-state index in [-0.39, 0.29) is 5.82 Å². The second kappa shape index (κ2) is 5.37. The maximum absolute atomic E-state index is 13.2. The van der Waals surface area contributed by atoms with Gasteiger partial charge in [-0.25, -0.2) is 9.37 Å². The predicted molar refractivity (Wildman–Crippen MR) is 76.4 cm³/mol. The average molecular weight is 282 g/mol. The molecule has 3 rings (SSSR count). The number of piperidine rings is 1. The molecule has 1 saturated heterocycles. The van der Waals surface area contributed by atoms with E-state index < -0.39 is 0 Å². The minimum Gasteiger partial charge on any atom is -0.339 e. The van der Waals surface area contributed by atoms with Crippen LogP contribution in [0.5, 0.6) is 0 Å². The van der Waals surface area contributed by atoms with Crippen LogP contribution in [0, 0.1) is 5.82 Å². The van der Waals surface area contributed by atoms with Crippen molar-refractivity contribution in [3.8, 4) is 0 Å². The number of nitrogens with zero attached hydrogens (tertiary/aromatic N) is 2. The summed E-state index contributed by atoms with van der Waals surface area (Å²) >= 11 is 5.88. The molecule has 3 nitrogen and oxygen atoms in total. The van der Waals surface area contributed by atoms with Crippen LogP contribution in [0.3, 0.4) is 0 Å². The Labute approximate surface area is 116 Å². The van der Waals surface area contributed by atoms with Crippen molar-refractivity contribution in [1.82, 2.24) is 9.97 Å². The number of halogens is 2.